The summed E-state index contributed by atoms with van der Waals surface area (Å²) in [6, 6.07) is 10.4. The van der Waals surface area contributed by atoms with E-state index in [2.05, 4.69) is 24.1 Å². The number of nitrogens with one attached hydrogen (secondary N) is 1. The summed E-state index contributed by atoms with van der Waals surface area (Å²) in [4.78, 5) is 15.2. The van der Waals surface area contributed by atoms with Gasteiger partial charge >= 0.3 is 6.09 Å². The molecule has 1 aromatic carbocycles. The van der Waals surface area contributed by atoms with Gasteiger partial charge in [0.25, 0.3) is 5.88 Å². The number of amides is 1. The first-order valence-corrected chi connectivity index (χ1v) is 13.7. The molecule has 1 aliphatic carbocycles. The van der Waals surface area contributed by atoms with E-state index < -0.39 is 6.09 Å². The zero-order chi connectivity index (χ0) is 26.7. The number of ether oxygens (including phenoxy) is 5. The van der Waals surface area contributed by atoms with Gasteiger partial charge in [-0.3, -0.25) is 14.9 Å². The van der Waals surface area contributed by atoms with E-state index in [1.54, 1.807) is 7.11 Å². The molecule has 2 atom stereocenters. The number of morpholine rings is 1. The first-order chi connectivity index (χ1) is 18.5. The minimum absolute atomic E-state index is 0.188. The molecular weight excluding hydrogens is 488 g/mol. The van der Waals surface area contributed by atoms with Gasteiger partial charge in [0.05, 0.1) is 44.3 Å². The van der Waals surface area contributed by atoms with Crippen LogP contribution in [0.1, 0.15) is 51.1 Å². The van der Waals surface area contributed by atoms with Crippen LogP contribution in [0.25, 0.3) is 0 Å². The zero-order valence-corrected chi connectivity index (χ0v) is 22.8. The van der Waals surface area contributed by atoms with E-state index in [0.717, 1.165) is 44.3 Å². The Hall–Kier alpha value is -2.66. The molecule has 10 heteroatoms. The van der Waals surface area contributed by atoms with Crippen molar-refractivity contribution in [2.45, 2.75) is 70.4 Å². The van der Waals surface area contributed by atoms with Gasteiger partial charge in [-0.15, -0.1) is 5.10 Å². The van der Waals surface area contributed by atoms with Crippen LogP contribution in [0.4, 0.5) is 10.5 Å². The van der Waals surface area contributed by atoms with Crippen LogP contribution in [0.15, 0.2) is 36.5 Å². The van der Waals surface area contributed by atoms with E-state index in [-0.39, 0.29) is 24.9 Å². The first kappa shape index (κ1) is 28.4. The van der Waals surface area contributed by atoms with Crippen molar-refractivity contribution < 1.29 is 28.5 Å². The summed E-state index contributed by atoms with van der Waals surface area (Å²) in [5.74, 6) is 0.370. The normalized spacial score (nSPS) is 24.2. The van der Waals surface area contributed by atoms with E-state index >= 15 is 0 Å². The number of carbonyl (C=O) groups excluding carboxylic acids is 1. The average Bonchev–Trinajstić information content (AvgIpc) is 3.32. The fourth-order valence-corrected chi connectivity index (χ4v) is 5.27. The third-order valence-corrected chi connectivity index (χ3v) is 7.05. The Labute approximate surface area is 225 Å². The molecular formula is C28H42N4O6. The van der Waals surface area contributed by atoms with Crippen LogP contribution < -0.4 is 10.1 Å². The maximum atomic E-state index is 12.6. The second-order valence-corrected chi connectivity index (χ2v) is 10.1. The van der Waals surface area contributed by atoms with Crippen molar-refractivity contribution >= 4 is 11.8 Å². The summed E-state index contributed by atoms with van der Waals surface area (Å²) in [5, 5.41) is 7.53. The summed E-state index contributed by atoms with van der Waals surface area (Å²) in [6.07, 6.45) is 6.11. The van der Waals surface area contributed by atoms with Crippen LogP contribution in [0.2, 0.25) is 0 Å². The third-order valence-electron chi connectivity index (χ3n) is 7.05. The number of nitrogens with zero attached hydrogens (tertiary/aromatic N) is 3. The average molecular weight is 531 g/mol. The van der Waals surface area contributed by atoms with Crippen molar-refractivity contribution in [3.63, 3.8) is 0 Å². The Balaban J connectivity index is 1.34. The summed E-state index contributed by atoms with van der Waals surface area (Å²) in [5.41, 5.74) is 1.42. The largest absolute Gasteiger partial charge is 0.473 e. The predicted octanol–water partition coefficient (Wildman–Crippen LogP) is 4.27. The molecule has 0 bridgehead atoms. The number of hydrogen-bond donors (Lipinski definition) is 1. The molecule has 1 saturated heterocycles. The molecule has 1 aromatic heterocycles. The molecule has 1 saturated carbocycles. The van der Waals surface area contributed by atoms with Crippen molar-refractivity contribution in [2.75, 3.05) is 51.9 Å². The lowest BCUT2D eigenvalue weighted by Gasteiger charge is -2.42. The fraction of sp³-hybridized carbons (Fsp3) is 0.643. The van der Waals surface area contributed by atoms with Crippen LogP contribution in [0, 0.1) is 0 Å². The molecule has 10 nitrogen and oxygen atoms in total. The molecule has 1 amide bonds. The lowest BCUT2D eigenvalue weighted by atomic mass is 9.89. The Kier molecular flexibility index (Phi) is 10.8. The summed E-state index contributed by atoms with van der Waals surface area (Å²) in [6.45, 7) is 8.21. The molecule has 210 valence electrons. The van der Waals surface area contributed by atoms with Crippen molar-refractivity contribution in [3.8, 4) is 5.88 Å². The van der Waals surface area contributed by atoms with Gasteiger partial charge in [-0.2, -0.15) is 0 Å². The summed E-state index contributed by atoms with van der Waals surface area (Å²) >= 11 is 0. The van der Waals surface area contributed by atoms with Gasteiger partial charge in [0, 0.05) is 26.2 Å². The second kappa shape index (κ2) is 14.5. The lowest BCUT2D eigenvalue weighted by molar-refractivity contribution is -0.0852. The monoisotopic (exact) mass is 530 g/mol. The number of hydrogen-bond acceptors (Lipinski definition) is 8. The van der Waals surface area contributed by atoms with Gasteiger partial charge in [0.15, 0.2) is 0 Å². The molecule has 2 aliphatic rings. The van der Waals surface area contributed by atoms with E-state index in [9.17, 15) is 4.79 Å². The molecule has 38 heavy (non-hydrogen) atoms. The number of carbonyl (C=O) groups is 1. The Bertz CT molecular complexity index is 969. The topological polar surface area (TPSA) is 96.3 Å². The summed E-state index contributed by atoms with van der Waals surface area (Å²) in [7, 11) is 1.64. The minimum Gasteiger partial charge on any atom is -0.473 e. The van der Waals surface area contributed by atoms with Gasteiger partial charge in [-0.25, -0.2) is 4.79 Å². The highest BCUT2D eigenvalue weighted by atomic mass is 16.6. The quantitative estimate of drug-likeness (QED) is 0.407. The van der Waals surface area contributed by atoms with Crippen LogP contribution in [0.5, 0.6) is 5.88 Å². The van der Waals surface area contributed by atoms with Crippen molar-refractivity contribution in [1.82, 2.24) is 14.7 Å². The van der Waals surface area contributed by atoms with E-state index in [1.807, 2.05) is 41.2 Å². The van der Waals surface area contributed by atoms with Gasteiger partial charge in [-0.1, -0.05) is 30.3 Å². The van der Waals surface area contributed by atoms with Gasteiger partial charge < -0.3 is 23.7 Å². The van der Waals surface area contributed by atoms with E-state index in [1.165, 1.54) is 0 Å². The highest BCUT2D eigenvalue weighted by molar-refractivity contribution is 5.86. The standard InChI is InChI=1S/C28H42N4O6/c1-21-17-31(18-22(2)38-21)24-9-11-25(12-10-24)32-19-26(27(30-32)36-16-15-35-14-13-34-3)29-28(33)37-20-23-7-5-4-6-8-23/h4-8,19,21-22,24-25H,9-18,20H2,1-3H3,(H,29,33)/t21-,22+,24-,25-. The van der Waals surface area contributed by atoms with Crippen molar-refractivity contribution in [2.24, 2.45) is 0 Å². The summed E-state index contributed by atoms with van der Waals surface area (Å²) < 4.78 is 29.7. The molecule has 2 fully saturated rings. The SMILES string of the molecule is COCCOCCOc1nn([C@H]2CC[C@H](N3C[C@@H](C)O[C@@H](C)C3)CC2)cc1NC(=O)OCc1ccccc1. The minimum atomic E-state index is -0.547. The Morgan fingerprint density at radius 3 is 2.39 bits per heavy atom. The maximum Gasteiger partial charge on any atom is 0.412 e. The number of methoxy groups -OCH3 is 1. The molecule has 0 radical (unpaired) electrons. The first-order valence-electron chi connectivity index (χ1n) is 13.7. The molecule has 1 aliphatic heterocycles. The number of anilines is 1. The molecule has 1 N–H and O–H groups in total. The molecule has 2 heterocycles. The second-order valence-electron chi connectivity index (χ2n) is 10.1. The molecule has 2 aromatic rings. The Morgan fingerprint density at radius 2 is 1.68 bits per heavy atom. The highest BCUT2D eigenvalue weighted by Gasteiger charge is 2.32. The fourth-order valence-electron chi connectivity index (χ4n) is 5.27. The Morgan fingerprint density at radius 1 is 1.00 bits per heavy atom. The van der Waals surface area contributed by atoms with Crippen molar-refractivity contribution in [3.05, 3.63) is 42.1 Å². The number of aromatic nitrogens is 2. The third kappa shape index (κ3) is 8.42. The predicted molar refractivity (Wildman–Crippen MR) is 144 cm³/mol. The highest BCUT2D eigenvalue weighted by Crippen LogP contribution is 2.34. The molecule has 4 rings (SSSR count). The lowest BCUT2D eigenvalue weighted by Crippen LogP contribution is -2.51. The van der Waals surface area contributed by atoms with Gasteiger partial charge in [0.1, 0.15) is 18.9 Å². The number of benzene rings is 1. The van der Waals surface area contributed by atoms with Gasteiger partial charge in [0.2, 0.25) is 0 Å². The smallest absolute Gasteiger partial charge is 0.412 e. The maximum absolute atomic E-state index is 12.6. The number of rotatable bonds is 12. The van der Waals surface area contributed by atoms with Crippen LogP contribution >= 0.6 is 0 Å². The zero-order valence-electron chi connectivity index (χ0n) is 22.8. The molecule has 0 unspecified atom stereocenters. The van der Waals surface area contributed by atoms with Crippen molar-refractivity contribution in [1.29, 1.82) is 0 Å². The van der Waals surface area contributed by atoms with Crippen LogP contribution in [-0.4, -0.2) is 85.7 Å². The van der Waals surface area contributed by atoms with Gasteiger partial charge in [-0.05, 0) is 45.1 Å². The molecule has 0 spiro atoms. The van der Waals surface area contributed by atoms with Crippen LogP contribution in [-0.2, 0) is 25.6 Å². The van der Waals surface area contributed by atoms with Crippen LogP contribution in [0.3, 0.4) is 0 Å². The van der Waals surface area contributed by atoms with E-state index in [4.69, 9.17) is 28.8 Å². The van der Waals surface area contributed by atoms with E-state index in [0.29, 0.717) is 44.0 Å².